The number of nitrogens with one attached hydrogen (secondary N) is 1. The molecule has 3 aliphatic rings. The topological polar surface area (TPSA) is 12.0 Å². The van der Waals surface area contributed by atoms with Crippen molar-refractivity contribution in [3.8, 4) is 0 Å². The molecule has 0 radical (unpaired) electrons. The summed E-state index contributed by atoms with van der Waals surface area (Å²) in [5, 5.41) is 3.93. The largest absolute Gasteiger partial charge is 0.311 e. The minimum absolute atomic E-state index is 0.751. The van der Waals surface area contributed by atoms with Crippen LogP contribution in [0.1, 0.15) is 64.2 Å². The molecule has 0 heterocycles. The van der Waals surface area contributed by atoms with E-state index in [1.165, 1.54) is 64.2 Å². The summed E-state index contributed by atoms with van der Waals surface area (Å²) in [6.45, 7) is 0. The van der Waals surface area contributed by atoms with Crippen LogP contribution in [-0.4, -0.2) is 12.1 Å². The maximum atomic E-state index is 3.93. The predicted octanol–water partition coefficient (Wildman–Crippen LogP) is 3.24. The van der Waals surface area contributed by atoms with Crippen LogP contribution in [-0.2, 0) is 0 Å². The Hall–Kier alpha value is -0.0400. The van der Waals surface area contributed by atoms with Crippen LogP contribution >= 0.6 is 0 Å². The van der Waals surface area contributed by atoms with Crippen molar-refractivity contribution in [3.05, 3.63) is 0 Å². The van der Waals surface area contributed by atoms with E-state index in [-0.39, 0.29) is 0 Å². The van der Waals surface area contributed by atoms with Gasteiger partial charge in [0, 0.05) is 12.1 Å². The lowest BCUT2D eigenvalue weighted by atomic mass is 9.69. The smallest absolute Gasteiger partial charge is 0.0126 e. The zero-order valence-electron chi connectivity index (χ0n) is 9.23. The Balaban J connectivity index is 1.70. The Kier molecular flexibility index (Phi) is 2.31. The maximum absolute atomic E-state index is 3.93. The number of rotatable bonds is 2. The molecule has 1 heteroatoms. The molecule has 0 aliphatic heterocycles. The van der Waals surface area contributed by atoms with Crippen molar-refractivity contribution in [1.82, 2.24) is 5.32 Å². The van der Waals surface area contributed by atoms with Crippen molar-refractivity contribution in [2.75, 3.05) is 0 Å². The molecule has 1 nitrogen and oxygen atoms in total. The Morgan fingerprint density at radius 3 is 2.07 bits per heavy atom. The fourth-order valence-corrected chi connectivity index (χ4v) is 3.78. The second-order valence-electron chi connectivity index (χ2n) is 5.81. The highest BCUT2D eigenvalue weighted by molar-refractivity contribution is 4.99. The van der Waals surface area contributed by atoms with Crippen LogP contribution in [0.4, 0.5) is 0 Å². The first-order valence-corrected chi connectivity index (χ1v) is 6.65. The molecule has 0 aromatic rings. The van der Waals surface area contributed by atoms with Gasteiger partial charge in [0.05, 0.1) is 0 Å². The van der Waals surface area contributed by atoms with E-state index >= 15 is 0 Å². The molecular formula is C13H23N. The molecule has 0 saturated heterocycles. The van der Waals surface area contributed by atoms with Crippen LogP contribution in [0.15, 0.2) is 0 Å². The van der Waals surface area contributed by atoms with Crippen molar-refractivity contribution in [1.29, 1.82) is 0 Å². The molecule has 0 bridgehead atoms. The second-order valence-corrected chi connectivity index (χ2v) is 5.81. The van der Waals surface area contributed by atoms with Crippen molar-refractivity contribution < 1.29 is 0 Å². The fraction of sp³-hybridized carbons (Fsp3) is 1.00. The molecule has 0 amide bonds. The monoisotopic (exact) mass is 193 g/mol. The van der Waals surface area contributed by atoms with Crippen LogP contribution < -0.4 is 5.32 Å². The quantitative estimate of drug-likeness (QED) is 0.710. The first-order valence-electron chi connectivity index (χ1n) is 6.65. The van der Waals surface area contributed by atoms with Gasteiger partial charge in [-0.05, 0) is 43.9 Å². The van der Waals surface area contributed by atoms with Gasteiger partial charge in [0.15, 0.2) is 0 Å². The molecule has 1 spiro atoms. The molecule has 80 valence electrons. The number of hydrogen-bond donors (Lipinski definition) is 1. The van der Waals surface area contributed by atoms with E-state index in [0.717, 1.165) is 17.5 Å². The van der Waals surface area contributed by atoms with Gasteiger partial charge in [-0.15, -0.1) is 0 Å². The standard InChI is InChI=1S/C13H23N/c1-2-8-13(9-3-4-10-13)12(5-1)14-11-6-7-11/h11-12,14H,1-10H2. The minimum Gasteiger partial charge on any atom is -0.311 e. The van der Waals surface area contributed by atoms with E-state index in [2.05, 4.69) is 5.32 Å². The van der Waals surface area contributed by atoms with Gasteiger partial charge >= 0.3 is 0 Å². The molecule has 3 fully saturated rings. The zero-order chi connectivity index (χ0) is 9.43. The molecule has 1 N–H and O–H groups in total. The SMILES string of the molecule is C1CCC2(CCCC2)C(NC2CC2)C1. The molecule has 3 aliphatic carbocycles. The van der Waals surface area contributed by atoms with E-state index < -0.39 is 0 Å². The van der Waals surface area contributed by atoms with E-state index in [9.17, 15) is 0 Å². The van der Waals surface area contributed by atoms with Crippen molar-refractivity contribution >= 4 is 0 Å². The average Bonchev–Trinajstić information content (AvgIpc) is 2.90. The summed E-state index contributed by atoms with van der Waals surface area (Å²) in [6.07, 6.45) is 14.9. The maximum Gasteiger partial charge on any atom is 0.0126 e. The molecule has 14 heavy (non-hydrogen) atoms. The Bertz CT molecular complexity index is 201. The van der Waals surface area contributed by atoms with Crippen LogP contribution in [0.3, 0.4) is 0 Å². The third-order valence-corrected chi connectivity index (χ3v) is 4.77. The lowest BCUT2D eigenvalue weighted by Crippen LogP contribution is -2.46. The van der Waals surface area contributed by atoms with Gasteiger partial charge in [-0.25, -0.2) is 0 Å². The van der Waals surface area contributed by atoms with Gasteiger partial charge < -0.3 is 5.32 Å². The summed E-state index contributed by atoms with van der Waals surface area (Å²) in [5.74, 6) is 0. The summed E-state index contributed by atoms with van der Waals surface area (Å²) in [6, 6.07) is 1.81. The fourth-order valence-electron chi connectivity index (χ4n) is 3.78. The molecular weight excluding hydrogens is 170 g/mol. The molecule has 1 unspecified atom stereocenters. The minimum atomic E-state index is 0.751. The van der Waals surface area contributed by atoms with Crippen LogP contribution in [0, 0.1) is 5.41 Å². The highest BCUT2D eigenvalue weighted by Crippen LogP contribution is 2.49. The lowest BCUT2D eigenvalue weighted by molar-refractivity contribution is 0.129. The van der Waals surface area contributed by atoms with Gasteiger partial charge in [0.2, 0.25) is 0 Å². The lowest BCUT2D eigenvalue weighted by Gasteiger charge is -2.42. The number of hydrogen-bond acceptors (Lipinski definition) is 1. The van der Waals surface area contributed by atoms with Crippen molar-refractivity contribution in [2.24, 2.45) is 5.41 Å². The summed E-state index contributed by atoms with van der Waals surface area (Å²) < 4.78 is 0. The van der Waals surface area contributed by atoms with Gasteiger partial charge in [-0.3, -0.25) is 0 Å². The van der Waals surface area contributed by atoms with Gasteiger partial charge in [-0.1, -0.05) is 25.7 Å². The first kappa shape index (κ1) is 9.21. The first-order chi connectivity index (χ1) is 6.89. The molecule has 0 aromatic carbocycles. The normalized spacial score (nSPS) is 36.4. The predicted molar refractivity (Wildman–Crippen MR) is 59.3 cm³/mol. The Morgan fingerprint density at radius 2 is 1.43 bits per heavy atom. The van der Waals surface area contributed by atoms with E-state index in [0.29, 0.717) is 0 Å². The molecule has 3 rings (SSSR count). The third kappa shape index (κ3) is 1.60. The van der Waals surface area contributed by atoms with Crippen LogP contribution in [0.2, 0.25) is 0 Å². The third-order valence-electron chi connectivity index (χ3n) is 4.77. The highest BCUT2D eigenvalue weighted by Gasteiger charge is 2.43. The van der Waals surface area contributed by atoms with Gasteiger partial charge in [-0.2, -0.15) is 0 Å². The molecule has 3 saturated carbocycles. The summed E-state index contributed by atoms with van der Waals surface area (Å²) in [7, 11) is 0. The van der Waals surface area contributed by atoms with Crippen LogP contribution in [0.5, 0.6) is 0 Å². The van der Waals surface area contributed by atoms with Gasteiger partial charge in [0.1, 0.15) is 0 Å². The summed E-state index contributed by atoms with van der Waals surface area (Å²) >= 11 is 0. The molecule has 1 atom stereocenters. The van der Waals surface area contributed by atoms with Crippen molar-refractivity contribution in [3.63, 3.8) is 0 Å². The van der Waals surface area contributed by atoms with Crippen molar-refractivity contribution in [2.45, 2.75) is 76.3 Å². The Labute approximate surface area is 87.7 Å². The molecule has 0 aromatic heterocycles. The van der Waals surface area contributed by atoms with Crippen LogP contribution in [0.25, 0.3) is 0 Å². The summed E-state index contributed by atoms with van der Waals surface area (Å²) in [4.78, 5) is 0. The second kappa shape index (κ2) is 3.52. The zero-order valence-corrected chi connectivity index (χ0v) is 9.23. The highest BCUT2D eigenvalue weighted by atomic mass is 15.0. The van der Waals surface area contributed by atoms with E-state index in [1.54, 1.807) is 0 Å². The van der Waals surface area contributed by atoms with E-state index in [4.69, 9.17) is 0 Å². The van der Waals surface area contributed by atoms with E-state index in [1.807, 2.05) is 0 Å². The summed E-state index contributed by atoms with van der Waals surface area (Å²) in [5.41, 5.74) is 0.751. The Morgan fingerprint density at radius 1 is 0.786 bits per heavy atom. The average molecular weight is 193 g/mol. The van der Waals surface area contributed by atoms with Gasteiger partial charge in [0.25, 0.3) is 0 Å².